The van der Waals surface area contributed by atoms with Crippen LogP contribution in [0.25, 0.3) is 10.9 Å². The van der Waals surface area contributed by atoms with Crippen LogP contribution in [-0.2, 0) is 13.1 Å². The Morgan fingerprint density at radius 1 is 0.947 bits per heavy atom. The molecule has 1 N–H and O–H groups in total. The van der Waals surface area contributed by atoms with E-state index in [0.717, 1.165) is 11.0 Å². The highest BCUT2D eigenvalue weighted by Crippen LogP contribution is 2.30. The Morgan fingerprint density at radius 3 is 2.24 bits per heavy atom. The van der Waals surface area contributed by atoms with Crippen LogP contribution in [0.1, 0.15) is 41.8 Å². The quantitative estimate of drug-likeness (QED) is 0.362. The number of ether oxygens (including phenoxy) is 2. The smallest absolute Gasteiger partial charge is 0.332 e. The first-order valence-electron chi connectivity index (χ1n) is 12.3. The van der Waals surface area contributed by atoms with Crippen molar-refractivity contribution < 1.29 is 18.7 Å². The molecular weight excluding hydrogens is 489 g/mol. The standard InChI is InChI=1S/C29H30FN3O5/c1-5-18(2)31-27(34)20-12-10-19(11-13-20)16-33-28(35)22-14-25(37-3)26(38-4)15-24(22)32(29(33)36)17-21-8-6-7-9-23(21)30/h6-15,18H,5,16-17H2,1-4H3,(H,31,34). The number of benzene rings is 3. The molecule has 0 aliphatic rings. The van der Waals surface area contributed by atoms with Crippen molar-refractivity contribution in [3.05, 3.63) is 104 Å². The molecule has 8 nitrogen and oxygen atoms in total. The zero-order valence-corrected chi connectivity index (χ0v) is 21.8. The second kappa shape index (κ2) is 11.3. The molecule has 1 amide bonds. The minimum Gasteiger partial charge on any atom is -0.493 e. The fraction of sp³-hybridized carbons (Fsp3) is 0.276. The van der Waals surface area contributed by atoms with Gasteiger partial charge in [0.15, 0.2) is 11.5 Å². The topological polar surface area (TPSA) is 91.6 Å². The van der Waals surface area contributed by atoms with Crippen LogP contribution in [0.3, 0.4) is 0 Å². The number of amides is 1. The molecule has 0 fully saturated rings. The fourth-order valence-electron chi connectivity index (χ4n) is 4.19. The average Bonchev–Trinajstić information content (AvgIpc) is 2.93. The molecule has 0 aliphatic carbocycles. The molecule has 1 heterocycles. The molecule has 1 atom stereocenters. The number of nitrogens with zero attached hydrogens (tertiary/aromatic N) is 2. The summed E-state index contributed by atoms with van der Waals surface area (Å²) in [6.07, 6.45) is 0.810. The molecule has 0 spiro atoms. The SMILES string of the molecule is CCC(C)NC(=O)c1ccc(Cn2c(=O)c3cc(OC)c(OC)cc3n(Cc3ccccc3F)c2=O)cc1. The van der Waals surface area contributed by atoms with E-state index >= 15 is 0 Å². The number of methoxy groups -OCH3 is 2. The summed E-state index contributed by atoms with van der Waals surface area (Å²) in [5.74, 6) is 0.0144. The maximum Gasteiger partial charge on any atom is 0.332 e. The van der Waals surface area contributed by atoms with Crippen LogP contribution >= 0.6 is 0 Å². The zero-order chi connectivity index (χ0) is 27.4. The van der Waals surface area contributed by atoms with Crippen LogP contribution in [0.5, 0.6) is 11.5 Å². The van der Waals surface area contributed by atoms with Crippen molar-refractivity contribution in [2.75, 3.05) is 14.2 Å². The number of carbonyl (C=O) groups is 1. The van der Waals surface area contributed by atoms with Gasteiger partial charge in [0.05, 0.1) is 38.2 Å². The number of nitrogens with one attached hydrogen (secondary N) is 1. The van der Waals surface area contributed by atoms with Gasteiger partial charge in [-0.1, -0.05) is 37.3 Å². The van der Waals surface area contributed by atoms with Crippen LogP contribution in [-0.4, -0.2) is 35.3 Å². The molecule has 198 valence electrons. The molecule has 4 aromatic rings. The first-order valence-corrected chi connectivity index (χ1v) is 12.3. The maximum absolute atomic E-state index is 14.5. The predicted octanol–water partition coefficient (Wildman–Crippen LogP) is 3.94. The molecule has 4 rings (SSSR count). The van der Waals surface area contributed by atoms with Gasteiger partial charge in [0.2, 0.25) is 0 Å². The summed E-state index contributed by atoms with van der Waals surface area (Å²) in [6.45, 7) is 3.79. The lowest BCUT2D eigenvalue weighted by Gasteiger charge is -2.17. The van der Waals surface area contributed by atoms with Crippen molar-refractivity contribution in [1.82, 2.24) is 14.5 Å². The van der Waals surface area contributed by atoms with Crippen molar-refractivity contribution in [3.8, 4) is 11.5 Å². The first-order chi connectivity index (χ1) is 18.3. The second-order valence-corrected chi connectivity index (χ2v) is 9.06. The maximum atomic E-state index is 14.5. The summed E-state index contributed by atoms with van der Waals surface area (Å²) >= 11 is 0. The van der Waals surface area contributed by atoms with E-state index in [1.165, 1.54) is 30.9 Å². The van der Waals surface area contributed by atoms with Crippen molar-refractivity contribution in [3.63, 3.8) is 0 Å². The van der Waals surface area contributed by atoms with Crippen LogP contribution in [0, 0.1) is 5.82 Å². The van der Waals surface area contributed by atoms with E-state index in [-0.39, 0.29) is 30.4 Å². The molecule has 3 aromatic carbocycles. The lowest BCUT2D eigenvalue weighted by Crippen LogP contribution is -2.40. The molecule has 0 bridgehead atoms. The third kappa shape index (κ3) is 5.32. The Balaban J connectivity index is 1.82. The van der Waals surface area contributed by atoms with Gasteiger partial charge in [-0.15, -0.1) is 0 Å². The van der Waals surface area contributed by atoms with E-state index in [1.54, 1.807) is 48.5 Å². The van der Waals surface area contributed by atoms with E-state index < -0.39 is 17.1 Å². The highest BCUT2D eigenvalue weighted by atomic mass is 19.1. The van der Waals surface area contributed by atoms with Crippen LogP contribution in [0.15, 0.2) is 70.3 Å². The van der Waals surface area contributed by atoms with E-state index in [4.69, 9.17) is 9.47 Å². The van der Waals surface area contributed by atoms with Gasteiger partial charge in [0.25, 0.3) is 11.5 Å². The lowest BCUT2D eigenvalue weighted by molar-refractivity contribution is 0.0939. The minimum absolute atomic E-state index is 0.0352. The van der Waals surface area contributed by atoms with Crippen molar-refractivity contribution in [1.29, 1.82) is 0 Å². The highest BCUT2D eigenvalue weighted by Gasteiger charge is 2.19. The fourth-order valence-corrected chi connectivity index (χ4v) is 4.19. The molecule has 1 unspecified atom stereocenters. The summed E-state index contributed by atoms with van der Waals surface area (Å²) in [7, 11) is 2.91. The molecular formula is C29H30FN3O5. The Labute approximate surface area is 219 Å². The van der Waals surface area contributed by atoms with Gasteiger partial charge >= 0.3 is 5.69 Å². The van der Waals surface area contributed by atoms with Crippen LogP contribution in [0.2, 0.25) is 0 Å². The van der Waals surface area contributed by atoms with Crippen molar-refractivity contribution in [2.24, 2.45) is 0 Å². The number of hydrogen-bond acceptors (Lipinski definition) is 5. The minimum atomic E-state index is -0.600. The largest absolute Gasteiger partial charge is 0.493 e. The monoisotopic (exact) mass is 519 g/mol. The number of carbonyl (C=O) groups excluding carboxylic acids is 1. The van der Waals surface area contributed by atoms with Gasteiger partial charge in [-0.3, -0.25) is 18.7 Å². The third-order valence-corrected chi connectivity index (χ3v) is 6.56. The lowest BCUT2D eigenvalue weighted by atomic mass is 10.1. The predicted molar refractivity (Wildman–Crippen MR) is 144 cm³/mol. The molecule has 0 saturated carbocycles. The Bertz CT molecular complexity index is 1590. The zero-order valence-electron chi connectivity index (χ0n) is 21.8. The summed E-state index contributed by atoms with van der Waals surface area (Å²) < 4.78 is 27.8. The normalized spacial score (nSPS) is 11.8. The van der Waals surface area contributed by atoms with E-state index in [9.17, 15) is 18.8 Å². The molecule has 1 aromatic heterocycles. The summed E-state index contributed by atoms with van der Waals surface area (Å²) in [4.78, 5) is 39.6. The molecule has 38 heavy (non-hydrogen) atoms. The van der Waals surface area contributed by atoms with E-state index in [1.807, 2.05) is 13.8 Å². The van der Waals surface area contributed by atoms with Gasteiger partial charge in [-0.25, -0.2) is 9.18 Å². The number of fused-ring (bicyclic) bond motifs is 1. The van der Waals surface area contributed by atoms with Crippen LogP contribution in [0.4, 0.5) is 4.39 Å². The van der Waals surface area contributed by atoms with Gasteiger partial charge in [0, 0.05) is 23.2 Å². The molecule has 0 radical (unpaired) electrons. The van der Waals surface area contributed by atoms with Gasteiger partial charge in [0.1, 0.15) is 5.82 Å². The van der Waals surface area contributed by atoms with E-state index in [0.29, 0.717) is 33.7 Å². The third-order valence-electron chi connectivity index (χ3n) is 6.56. The number of rotatable bonds is 9. The van der Waals surface area contributed by atoms with Gasteiger partial charge in [-0.2, -0.15) is 0 Å². The molecule has 9 heteroatoms. The average molecular weight is 520 g/mol. The van der Waals surface area contributed by atoms with Crippen molar-refractivity contribution in [2.45, 2.75) is 39.4 Å². The summed E-state index contributed by atoms with van der Waals surface area (Å²) in [5.41, 5.74) is 0.614. The molecule has 0 aliphatic heterocycles. The van der Waals surface area contributed by atoms with Gasteiger partial charge in [-0.05, 0) is 43.2 Å². The van der Waals surface area contributed by atoms with Gasteiger partial charge < -0.3 is 14.8 Å². The van der Waals surface area contributed by atoms with Crippen molar-refractivity contribution >= 4 is 16.8 Å². The number of hydrogen-bond donors (Lipinski definition) is 1. The summed E-state index contributed by atoms with van der Waals surface area (Å²) in [5, 5.41) is 3.13. The van der Waals surface area contributed by atoms with Crippen LogP contribution < -0.4 is 26.0 Å². The first kappa shape index (κ1) is 26.7. The van der Waals surface area contributed by atoms with E-state index in [2.05, 4.69) is 5.32 Å². The summed E-state index contributed by atoms with van der Waals surface area (Å²) in [6, 6.07) is 16.0. The number of halogens is 1. The Morgan fingerprint density at radius 2 is 1.61 bits per heavy atom. The molecule has 0 saturated heterocycles. The Kier molecular flexibility index (Phi) is 7.95. The highest BCUT2D eigenvalue weighted by molar-refractivity contribution is 5.94. The Hall–Kier alpha value is -4.40. The second-order valence-electron chi connectivity index (χ2n) is 9.06. The number of aromatic nitrogens is 2.